The van der Waals surface area contributed by atoms with Gasteiger partial charge in [0.05, 0.1) is 12.0 Å². The van der Waals surface area contributed by atoms with Crippen LogP contribution in [0.1, 0.15) is 25.7 Å². The van der Waals surface area contributed by atoms with E-state index in [0.29, 0.717) is 11.6 Å². The molecule has 146 valence electrons. The summed E-state index contributed by atoms with van der Waals surface area (Å²) in [6.07, 6.45) is 2.13. The van der Waals surface area contributed by atoms with E-state index in [4.69, 9.17) is 0 Å². The van der Waals surface area contributed by atoms with Crippen molar-refractivity contribution in [2.24, 2.45) is 5.92 Å². The first kappa shape index (κ1) is 23.0. The maximum Gasteiger partial charge on any atom is 1.00 e. The van der Waals surface area contributed by atoms with Gasteiger partial charge in [0.1, 0.15) is 6.04 Å². The van der Waals surface area contributed by atoms with Gasteiger partial charge in [-0.2, -0.15) is 9.35 Å². The number of piperidine rings is 2. The molecule has 3 rings (SSSR count). The molecule has 27 heavy (non-hydrogen) atoms. The molecule has 3 aliphatic heterocycles. The number of carbonyl (C=O) groups is 3. The van der Waals surface area contributed by atoms with Gasteiger partial charge in [0.2, 0.25) is 16.3 Å². The molecule has 3 aliphatic rings. The normalized spacial score (nSPS) is 27.7. The zero-order chi connectivity index (χ0) is 18.9. The number of carbonyl (C=O) groups excluding carboxylic acids is 3. The molecule has 0 unspecified atom stereocenters. The third-order valence-corrected chi connectivity index (χ3v) is 5.12. The maximum absolute atomic E-state index is 12.3. The Balaban J connectivity index is 0.00000261. The van der Waals surface area contributed by atoms with E-state index in [9.17, 15) is 27.4 Å². The van der Waals surface area contributed by atoms with Crippen molar-refractivity contribution < 1.29 is 83.0 Å². The van der Waals surface area contributed by atoms with Crippen molar-refractivity contribution in [1.29, 1.82) is 0 Å². The SMILES string of the molecule is O=C(NNC(=O)[C@@H]1CC[C@@H]2CN1C(=O)N2OS(=O)(=O)[O-])[C@@H]1CCCNC1.[K+]. The molecular weight excluding hydrogens is 409 g/mol. The number of fused-ring (bicyclic) bond motifs is 2. The van der Waals surface area contributed by atoms with Crippen LogP contribution in [0.25, 0.3) is 0 Å². The minimum absolute atomic E-state index is 0. The Morgan fingerprint density at radius 2 is 1.89 bits per heavy atom. The van der Waals surface area contributed by atoms with Crippen molar-refractivity contribution in [1.82, 2.24) is 26.1 Å². The molecule has 0 aromatic carbocycles. The second kappa shape index (κ2) is 9.45. The Morgan fingerprint density at radius 3 is 2.52 bits per heavy atom. The molecule has 3 saturated heterocycles. The van der Waals surface area contributed by atoms with Crippen LogP contribution in [0.2, 0.25) is 0 Å². The summed E-state index contributed by atoms with van der Waals surface area (Å²) in [5.74, 6) is -1.13. The van der Waals surface area contributed by atoms with E-state index in [2.05, 4.69) is 20.5 Å². The van der Waals surface area contributed by atoms with Crippen LogP contribution in [0, 0.1) is 5.92 Å². The molecule has 0 aliphatic carbocycles. The van der Waals surface area contributed by atoms with Gasteiger partial charge in [-0.05, 0) is 32.2 Å². The summed E-state index contributed by atoms with van der Waals surface area (Å²) < 4.78 is 36.4. The van der Waals surface area contributed by atoms with E-state index >= 15 is 0 Å². The van der Waals surface area contributed by atoms with E-state index in [1.165, 1.54) is 0 Å². The van der Waals surface area contributed by atoms with Gasteiger partial charge in [-0.3, -0.25) is 20.4 Å². The number of hydroxylamine groups is 2. The van der Waals surface area contributed by atoms with Crippen molar-refractivity contribution in [2.75, 3.05) is 19.6 Å². The van der Waals surface area contributed by atoms with Gasteiger partial charge >= 0.3 is 57.4 Å². The number of urea groups is 1. The standard InChI is InChI=1S/C13H21N5O7S.K/c19-11(8-2-1-5-14-6-8)15-16-12(20)10-4-3-9-7-17(10)13(21)18(9)25-26(22,23)24;/h8-10,14H,1-7H2,(H,15,19)(H,16,20)(H,22,23,24);/q;+1/p-1/t8-,9-,10+;/m1./s1. The van der Waals surface area contributed by atoms with Crippen LogP contribution < -0.4 is 67.6 Å². The maximum atomic E-state index is 12.3. The molecule has 14 heteroatoms. The molecule has 0 spiro atoms. The first-order chi connectivity index (χ1) is 12.3. The summed E-state index contributed by atoms with van der Waals surface area (Å²) in [6.45, 7) is 1.45. The Morgan fingerprint density at radius 1 is 1.19 bits per heavy atom. The predicted octanol–water partition coefficient (Wildman–Crippen LogP) is -5.20. The van der Waals surface area contributed by atoms with Crippen LogP contribution in [0.4, 0.5) is 4.79 Å². The van der Waals surface area contributed by atoms with Crippen molar-refractivity contribution in [3.05, 3.63) is 0 Å². The molecular formula is C13H20KN5O7S. The summed E-state index contributed by atoms with van der Waals surface area (Å²) in [5, 5.41) is 3.60. The summed E-state index contributed by atoms with van der Waals surface area (Å²) in [7, 11) is -5.09. The van der Waals surface area contributed by atoms with Crippen molar-refractivity contribution in [3.63, 3.8) is 0 Å². The number of hydrazine groups is 1. The van der Waals surface area contributed by atoms with Crippen LogP contribution >= 0.6 is 0 Å². The fraction of sp³-hybridized carbons (Fsp3) is 0.769. The first-order valence-corrected chi connectivity index (χ1v) is 9.65. The number of nitrogens with one attached hydrogen (secondary N) is 3. The van der Waals surface area contributed by atoms with Crippen LogP contribution in [-0.4, -0.2) is 72.5 Å². The smallest absolute Gasteiger partial charge is 0.724 e. The molecule has 4 amide bonds. The molecule has 0 aromatic rings. The van der Waals surface area contributed by atoms with Gasteiger partial charge in [-0.15, -0.1) is 0 Å². The van der Waals surface area contributed by atoms with E-state index in [0.717, 1.165) is 24.3 Å². The van der Waals surface area contributed by atoms with E-state index in [-0.39, 0.29) is 82.6 Å². The molecule has 2 bridgehead atoms. The zero-order valence-electron chi connectivity index (χ0n) is 14.8. The Kier molecular flexibility index (Phi) is 8.04. The first-order valence-electron chi connectivity index (χ1n) is 8.32. The topological polar surface area (TPSA) is 160 Å². The summed E-state index contributed by atoms with van der Waals surface area (Å²) in [4.78, 5) is 37.7. The zero-order valence-corrected chi connectivity index (χ0v) is 18.8. The number of hydrogen-bond acceptors (Lipinski definition) is 8. The fourth-order valence-electron chi connectivity index (χ4n) is 3.49. The average Bonchev–Trinajstić information content (AvgIpc) is 2.84. The average molecular weight is 429 g/mol. The van der Waals surface area contributed by atoms with Crippen molar-refractivity contribution >= 4 is 28.2 Å². The summed E-state index contributed by atoms with van der Waals surface area (Å²) in [6, 6.07) is -2.36. The Hall–Kier alpha value is -0.324. The summed E-state index contributed by atoms with van der Waals surface area (Å²) >= 11 is 0. The van der Waals surface area contributed by atoms with Crippen molar-refractivity contribution in [2.45, 2.75) is 37.8 Å². The second-order valence-corrected chi connectivity index (χ2v) is 7.48. The molecule has 3 N–H and O–H groups in total. The fourth-order valence-corrected chi connectivity index (χ4v) is 3.87. The number of amides is 4. The minimum atomic E-state index is -5.09. The molecule has 3 atom stereocenters. The van der Waals surface area contributed by atoms with Gasteiger partial charge in [-0.25, -0.2) is 13.2 Å². The third kappa shape index (κ3) is 5.60. The predicted molar refractivity (Wildman–Crippen MR) is 83.4 cm³/mol. The van der Waals surface area contributed by atoms with Crippen LogP contribution in [0.5, 0.6) is 0 Å². The van der Waals surface area contributed by atoms with E-state index in [1.807, 2.05) is 0 Å². The monoisotopic (exact) mass is 429 g/mol. The second-order valence-electron chi connectivity index (χ2n) is 6.51. The van der Waals surface area contributed by atoms with Gasteiger partial charge < -0.3 is 14.8 Å². The van der Waals surface area contributed by atoms with Gasteiger partial charge in [0, 0.05) is 13.1 Å². The van der Waals surface area contributed by atoms with Gasteiger partial charge in [0.15, 0.2) is 0 Å². The number of hydrogen-bond donors (Lipinski definition) is 3. The molecule has 0 radical (unpaired) electrons. The number of rotatable bonds is 4. The molecule has 12 nitrogen and oxygen atoms in total. The van der Waals surface area contributed by atoms with Crippen LogP contribution in [0.3, 0.4) is 0 Å². The van der Waals surface area contributed by atoms with Gasteiger partial charge in [-0.1, -0.05) is 0 Å². The molecule has 0 aromatic heterocycles. The quantitative estimate of drug-likeness (QED) is 0.173. The van der Waals surface area contributed by atoms with Crippen LogP contribution in [0.15, 0.2) is 0 Å². The van der Waals surface area contributed by atoms with Crippen LogP contribution in [-0.2, 0) is 24.3 Å². The summed E-state index contributed by atoms with van der Waals surface area (Å²) in [5.41, 5.74) is 4.68. The Labute approximate surface area is 199 Å². The molecule has 0 saturated carbocycles. The molecule has 3 heterocycles. The number of nitrogens with zero attached hydrogens (tertiary/aromatic N) is 2. The van der Waals surface area contributed by atoms with Crippen molar-refractivity contribution in [3.8, 4) is 0 Å². The molecule has 3 fully saturated rings. The Bertz CT molecular complexity index is 699. The largest absolute Gasteiger partial charge is 1.00 e. The minimum Gasteiger partial charge on any atom is -0.724 e. The van der Waals surface area contributed by atoms with Gasteiger partial charge in [0.25, 0.3) is 5.91 Å². The van der Waals surface area contributed by atoms with E-state index in [1.54, 1.807) is 0 Å². The third-order valence-electron chi connectivity index (χ3n) is 4.77. The van der Waals surface area contributed by atoms with E-state index < -0.39 is 34.4 Å².